The van der Waals surface area contributed by atoms with Gasteiger partial charge in [0.05, 0.1) is 6.04 Å². The summed E-state index contributed by atoms with van der Waals surface area (Å²) in [5.74, 6) is 0.0964. The molecule has 0 aliphatic carbocycles. The molecule has 2 aliphatic rings. The summed E-state index contributed by atoms with van der Waals surface area (Å²) >= 11 is 0. The van der Waals surface area contributed by atoms with E-state index in [0.717, 1.165) is 55.3 Å². The van der Waals surface area contributed by atoms with E-state index >= 15 is 0 Å². The number of amides is 1. The molecule has 0 aromatic heterocycles. The normalized spacial score (nSPS) is 19.4. The topological polar surface area (TPSA) is 54.0 Å². The van der Waals surface area contributed by atoms with Gasteiger partial charge >= 0.3 is 6.36 Å². The molecule has 2 aromatic carbocycles. The fourth-order valence-corrected chi connectivity index (χ4v) is 3.90. The van der Waals surface area contributed by atoms with Gasteiger partial charge in [-0.3, -0.25) is 4.79 Å². The van der Waals surface area contributed by atoms with Crippen molar-refractivity contribution < 1.29 is 27.4 Å². The van der Waals surface area contributed by atoms with Gasteiger partial charge in [-0.15, -0.1) is 13.2 Å². The number of halogens is 3. The first-order valence-corrected chi connectivity index (χ1v) is 10.1. The van der Waals surface area contributed by atoms with Gasteiger partial charge in [-0.05, 0) is 43.4 Å². The minimum Gasteiger partial charge on any atom is -0.491 e. The average Bonchev–Trinajstić information content (AvgIpc) is 2.73. The number of carbonyl (C=O) groups is 1. The van der Waals surface area contributed by atoms with Crippen LogP contribution in [0.1, 0.15) is 15.9 Å². The van der Waals surface area contributed by atoms with E-state index in [0.29, 0.717) is 13.0 Å². The number of alkyl halides is 3. The van der Waals surface area contributed by atoms with Crippen LogP contribution in [0.2, 0.25) is 0 Å². The summed E-state index contributed by atoms with van der Waals surface area (Å²) in [6.45, 7) is 4.16. The maximum absolute atomic E-state index is 12.6. The van der Waals surface area contributed by atoms with Crippen molar-refractivity contribution in [2.24, 2.45) is 0 Å². The third kappa shape index (κ3) is 5.22. The molecule has 0 saturated carbocycles. The van der Waals surface area contributed by atoms with Gasteiger partial charge in [-0.2, -0.15) is 0 Å². The molecule has 1 fully saturated rings. The van der Waals surface area contributed by atoms with Crippen LogP contribution in [-0.4, -0.2) is 63.0 Å². The Morgan fingerprint density at radius 1 is 1.10 bits per heavy atom. The number of nitrogens with zero attached hydrogens (tertiary/aromatic N) is 2. The molecule has 31 heavy (non-hydrogen) atoms. The minimum absolute atomic E-state index is 0.236. The van der Waals surface area contributed by atoms with Crippen molar-refractivity contribution in [2.75, 3.05) is 44.7 Å². The van der Waals surface area contributed by atoms with Gasteiger partial charge in [-0.25, -0.2) is 0 Å². The fraction of sp³-hybridized carbons (Fsp3) is 0.409. The quantitative estimate of drug-likeness (QED) is 0.800. The second-order valence-corrected chi connectivity index (χ2v) is 7.80. The third-order valence-electron chi connectivity index (χ3n) is 5.53. The first-order chi connectivity index (χ1) is 14.8. The van der Waals surface area contributed by atoms with Gasteiger partial charge in [0, 0.05) is 49.4 Å². The van der Waals surface area contributed by atoms with Crippen LogP contribution in [0.3, 0.4) is 0 Å². The van der Waals surface area contributed by atoms with E-state index in [1.54, 1.807) is 0 Å². The number of hydrogen-bond donors (Lipinski definition) is 1. The molecule has 1 saturated heterocycles. The molecule has 0 unspecified atom stereocenters. The Morgan fingerprint density at radius 2 is 1.81 bits per heavy atom. The second-order valence-electron chi connectivity index (χ2n) is 7.80. The molecule has 0 spiro atoms. The number of likely N-dealkylation sites (N-methyl/N-ethyl adjacent to an activating group) is 1. The highest BCUT2D eigenvalue weighted by Crippen LogP contribution is 2.34. The van der Waals surface area contributed by atoms with Crippen LogP contribution in [0, 0.1) is 0 Å². The van der Waals surface area contributed by atoms with Gasteiger partial charge in [0.15, 0.2) is 0 Å². The molecule has 0 bridgehead atoms. The van der Waals surface area contributed by atoms with Crippen molar-refractivity contribution in [3.8, 4) is 11.5 Å². The summed E-state index contributed by atoms with van der Waals surface area (Å²) in [5.41, 5.74) is 2.45. The van der Waals surface area contributed by atoms with Crippen LogP contribution in [0.4, 0.5) is 18.9 Å². The first-order valence-electron chi connectivity index (χ1n) is 10.1. The van der Waals surface area contributed by atoms with E-state index in [1.807, 2.05) is 12.1 Å². The van der Waals surface area contributed by atoms with Gasteiger partial charge in [0.1, 0.15) is 18.1 Å². The SMILES string of the molecule is CN1CCN(c2cccc3c2C[C@H](NC(=O)c2ccc(OC(F)(F)F)cc2)CO3)CC1. The molecule has 2 heterocycles. The predicted molar refractivity (Wildman–Crippen MR) is 110 cm³/mol. The van der Waals surface area contributed by atoms with Gasteiger partial charge < -0.3 is 24.6 Å². The standard InChI is InChI=1S/C22H24F3N3O3/c1-27-9-11-28(12-10-27)19-3-2-4-20-18(19)13-16(14-30-20)26-21(29)15-5-7-17(8-6-15)31-22(23,24)25/h2-8,16H,9-14H2,1H3,(H,26,29)/t16-/m0/s1. The van der Waals surface area contributed by atoms with Crippen LogP contribution in [0.25, 0.3) is 0 Å². The lowest BCUT2D eigenvalue weighted by Crippen LogP contribution is -2.46. The van der Waals surface area contributed by atoms with Crippen molar-refractivity contribution in [3.05, 3.63) is 53.6 Å². The molecule has 2 aromatic rings. The van der Waals surface area contributed by atoms with Crippen LogP contribution < -0.4 is 19.7 Å². The summed E-state index contributed by atoms with van der Waals surface area (Å²) in [4.78, 5) is 17.2. The zero-order valence-corrected chi connectivity index (χ0v) is 17.1. The van der Waals surface area contributed by atoms with Gasteiger partial charge in [0.25, 0.3) is 5.91 Å². The zero-order valence-electron chi connectivity index (χ0n) is 17.1. The van der Waals surface area contributed by atoms with E-state index in [-0.39, 0.29) is 23.3 Å². The molecular formula is C22H24F3N3O3. The Morgan fingerprint density at radius 3 is 2.48 bits per heavy atom. The summed E-state index contributed by atoms with van der Waals surface area (Å²) < 4.78 is 46.6. The summed E-state index contributed by atoms with van der Waals surface area (Å²) in [7, 11) is 2.11. The van der Waals surface area contributed by atoms with E-state index < -0.39 is 6.36 Å². The largest absolute Gasteiger partial charge is 0.573 e. The minimum atomic E-state index is -4.77. The number of nitrogens with one attached hydrogen (secondary N) is 1. The molecule has 6 nitrogen and oxygen atoms in total. The Balaban J connectivity index is 1.42. The number of ether oxygens (including phenoxy) is 2. The molecule has 2 aliphatic heterocycles. The third-order valence-corrected chi connectivity index (χ3v) is 5.53. The number of carbonyl (C=O) groups excluding carboxylic acids is 1. The zero-order chi connectivity index (χ0) is 22.0. The molecule has 1 N–H and O–H groups in total. The lowest BCUT2D eigenvalue weighted by molar-refractivity contribution is -0.274. The summed E-state index contributed by atoms with van der Waals surface area (Å²) in [6.07, 6.45) is -4.14. The van der Waals surface area contributed by atoms with Crippen LogP contribution in [0.5, 0.6) is 11.5 Å². The van der Waals surface area contributed by atoms with E-state index in [9.17, 15) is 18.0 Å². The van der Waals surface area contributed by atoms with Crippen molar-refractivity contribution in [3.63, 3.8) is 0 Å². The first kappa shape index (κ1) is 21.3. The Hall–Kier alpha value is -2.94. The van der Waals surface area contributed by atoms with Crippen LogP contribution >= 0.6 is 0 Å². The molecule has 1 amide bonds. The highest BCUT2D eigenvalue weighted by Gasteiger charge is 2.31. The van der Waals surface area contributed by atoms with Crippen molar-refractivity contribution >= 4 is 11.6 Å². The number of benzene rings is 2. The highest BCUT2D eigenvalue weighted by atomic mass is 19.4. The van der Waals surface area contributed by atoms with E-state index in [4.69, 9.17) is 4.74 Å². The fourth-order valence-electron chi connectivity index (χ4n) is 3.90. The maximum Gasteiger partial charge on any atom is 0.573 e. The van der Waals surface area contributed by atoms with Crippen molar-refractivity contribution in [1.29, 1.82) is 0 Å². The molecule has 9 heteroatoms. The van der Waals surface area contributed by atoms with Crippen molar-refractivity contribution in [2.45, 2.75) is 18.8 Å². The predicted octanol–water partition coefficient (Wildman–Crippen LogP) is 3.07. The highest BCUT2D eigenvalue weighted by molar-refractivity contribution is 5.94. The smallest absolute Gasteiger partial charge is 0.491 e. The van der Waals surface area contributed by atoms with Crippen LogP contribution in [-0.2, 0) is 6.42 Å². The molecule has 1 atom stereocenters. The Bertz CT molecular complexity index is 926. The number of hydrogen-bond acceptors (Lipinski definition) is 5. The number of piperazine rings is 1. The Labute approximate surface area is 178 Å². The lowest BCUT2D eigenvalue weighted by atomic mass is 9.99. The second kappa shape index (κ2) is 8.66. The van der Waals surface area contributed by atoms with Gasteiger partial charge in [0.2, 0.25) is 0 Å². The van der Waals surface area contributed by atoms with E-state index in [2.05, 4.69) is 33.0 Å². The molecule has 166 valence electrons. The average molecular weight is 435 g/mol. The van der Waals surface area contributed by atoms with Crippen LogP contribution in [0.15, 0.2) is 42.5 Å². The van der Waals surface area contributed by atoms with E-state index in [1.165, 1.54) is 12.1 Å². The molecule has 4 rings (SSSR count). The summed E-state index contributed by atoms with van der Waals surface area (Å²) in [5, 5.41) is 2.93. The number of fused-ring (bicyclic) bond motifs is 1. The van der Waals surface area contributed by atoms with Gasteiger partial charge in [-0.1, -0.05) is 6.07 Å². The number of rotatable bonds is 4. The monoisotopic (exact) mass is 435 g/mol. The van der Waals surface area contributed by atoms with Crippen molar-refractivity contribution in [1.82, 2.24) is 10.2 Å². The Kier molecular flexibility index (Phi) is 5.95. The molecule has 0 radical (unpaired) electrons. The summed E-state index contributed by atoms with van der Waals surface area (Å²) in [6, 6.07) is 10.6. The lowest BCUT2D eigenvalue weighted by Gasteiger charge is -2.37. The number of anilines is 1. The maximum atomic E-state index is 12.6. The molecular weight excluding hydrogens is 411 g/mol.